The molecule has 0 unspecified atom stereocenters. The zero-order chi connectivity index (χ0) is 17.8. The summed E-state index contributed by atoms with van der Waals surface area (Å²) < 4.78 is 0. The molecule has 4 heteroatoms. The van der Waals surface area contributed by atoms with Crippen molar-refractivity contribution in [3.05, 3.63) is 78.0 Å². The van der Waals surface area contributed by atoms with Gasteiger partial charge in [-0.15, -0.1) is 0 Å². The van der Waals surface area contributed by atoms with Crippen molar-refractivity contribution < 1.29 is 5.21 Å². The highest BCUT2D eigenvalue weighted by atomic mass is 16.4. The van der Waals surface area contributed by atoms with Gasteiger partial charge in [-0.3, -0.25) is 4.98 Å². The van der Waals surface area contributed by atoms with Gasteiger partial charge in [0, 0.05) is 31.1 Å². The Bertz CT molecular complexity index is 894. The van der Waals surface area contributed by atoms with E-state index in [2.05, 4.69) is 51.4 Å². The van der Waals surface area contributed by atoms with Gasteiger partial charge < -0.3 is 10.1 Å². The molecule has 0 saturated carbocycles. The number of para-hydroxylation sites is 1. The molecular formula is C22H23N3O. The maximum Gasteiger partial charge on any atom is 0.148 e. The zero-order valence-electron chi connectivity index (χ0n) is 14.8. The molecule has 0 bridgehead atoms. The van der Waals surface area contributed by atoms with Crippen LogP contribution in [-0.4, -0.2) is 34.0 Å². The van der Waals surface area contributed by atoms with E-state index >= 15 is 0 Å². The number of amidine groups is 1. The molecule has 3 aromatic rings. The fraction of sp³-hybridized carbons (Fsp3) is 0.273. The summed E-state index contributed by atoms with van der Waals surface area (Å²) in [5.41, 5.74) is 3.62. The summed E-state index contributed by atoms with van der Waals surface area (Å²) in [4.78, 5) is 6.69. The van der Waals surface area contributed by atoms with E-state index in [-0.39, 0.29) is 0 Å². The summed E-state index contributed by atoms with van der Waals surface area (Å²) >= 11 is 0. The van der Waals surface area contributed by atoms with E-state index in [1.807, 2.05) is 30.5 Å². The second-order valence-corrected chi connectivity index (χ2v) is 6.86. The van der Waals surface area contributed by atoms with Gasteiger partial charge >= 0.3 is 0 Å². The summed E-state index contributed by atoms with van der Waals surface area (Å²) in [7, 11) is 0. The lowest BCUT2D eigenvalue weighted by molar-refractivity contribution is 0.271. The summed E-state index contributed by atoms with van der Waals surface area (Å²) in [6.07, 6.45) is 4.70. The fourth-order valence-electron chi connectivity index (χ4n) is 3.91. The molecule has 0 spiro atoms. The number of hydrogen-bond acceptors (Lipinski definition) is 3. The molecule has 26 heavy (non-hydrogen) atoms. The van der Waals surface area contributed by atoms with Crippen molar-refractivity contribution >= 4 is 16.7 Å². The number of likely N-dealkylation sites (tertiary alicyclic amines) is 1. The maximum atomic E-state index is 9.50. The molecule has 0 aliphatic carbocycles. The first-order valence-corrected chi connectivity index (χ1v) is 9.18. The Balaban J connectivity index is 1.46. The van der Waals surface area contributed by atoms with Crippen LogP contribution in [0.15, 0.2) is 72.0 Å². The normalized spacial score (nSPS) is 16.2. The van der Waals surface area contributed by atoms with Crippen molar-refractivity contribution in [1.29, 1.82) is 0 Å². The van der Waals surface area contributed by atoms with Crippen molar-refractivity contribution in [1.82, 2.24) is 9.88 Å². The van der Waals surface area contributed by atoms with Crippen LogP contribution in [0.5, 0.6) is 0 Å². The molecule has 132 valence electrons. The van der Waals surface area contributed by atoms with E-state index in [0.29, 0.717) is 12.3 Å². The monoisotopic (exact) mass is 345 g/mol. The average Bonchev–Trinajstić information content (AvgIpc) is 2.72. The van der Waals surface area contributed by atoms with Gasteiger partial charge in [-0.25, -0.2) is 0 Å². The quantitative estimate of drug-likeness (QED) is 0.330. The topological polar surface area (TPSA) is 48.7 Å². The van der Waals surface area contributed by atoms with Gasteiger partial charge in [-0.2, -0.15) is 0 Å². The lowest BCUT2D eigenvalue weighted by atomic mass is 9.87. The van der Waals surface area contributed by atoms with E-state index < -0.39 is 0 Å². The molecule has 1 saturated heterocycles. The Morgan fingerprint density at radius 1 is 1.00 bits per heavy atom. The van der Waals surface area contributed by atoms with Crippen molar-refractivity contribution in [3.8, 4) is 0 Å². The molecule has 0 amide bonds. The van der Waals surface area contributed by atoms with Crippen LogP contribution in [0.4, 0.5) is 0 Å². The van der Waals surface area contributed by atoms with Gasteiger partial charge in [0.05, 0.1) is 5.52 Å². The highest BCUT2D eigenvalue weighted by molar-refractivity contribution is 5.84. The first kappa shape index (κ1) is 16.6. The molecule has 1 aliphatic rings. The molecule has 0 atom stereocenters. The number of nitrogens with zero attached hydrogens (tertiary/aromatic N) is 3. The summed E-state index contributed by atoms with van der Waals surface area (Å²) in [5.74, 6) is 1.28. The third-order valence-electron chi connectivity index (χ3n) is 5.30. The van der Waals surface area contributed by atoms with Crippen LogP contribution in [0.2, 0.25) is 0 Å². The van der Waals surface area contributed by atoms with Gasteiger partial charge in [0.25, 0.3) is 0 Å². The molecule has 4 rings (SSSR count). The lowest BCUT2D eigenvalue weighted by Crippen LogP contribution is -2.39. The number of piperidine rings is 1. The zero-order valence-corrected chi connectivity index (χ0v) is 14.8. The number of aromatic nitrogens is 1. The van der Waals surface area contributed by atoms with Crippen molar-refractivity contribution in [2.75, 3.05) is 13.1 Å². The smallest absolute Gasteiger partial charge is 0.148 e. The summed E-state index contributed by atoms with van der Waals surface area (Å²) in [6.45, 7) is 1.82. The summed E-state index contributed by atoms with van der Waals surface area (Å²) in [6, 6.07) is 20.7. The fourth-order valence-corrected chi connectivity index (χ4v) is 3.91. The number of oxime groups is 1. The van der Waals surface area contributed by atoms with Crippen molar-refractivity contribution in [2.45, 2.75) is 25.2 Å². The predicted molar refractivity (Wildman–Crippen MR) is 105 cm³/mol. The average molecular weight is 345 g/mol. The van der Waals surface area contributed by atoms with Gasteiger partial charge in [-0.1, -0.05) is 53.7 Å². The van der Waals surface area contributed by atoms with E-state index in [9.17, 15) is 5.21 Å². The third kappa shape index (κ3) is 3.40. The molecular weight excluding hydrogens is 322 g/mol. The number of rotatable bonds is 3. The first-order valence-electron chi connectivity index (χ1n) is 9.18. The van der Waals surface area contributed by atoms with E-state index in [1.165, 1.54) is 16.5 Å². The van der Waals surface area contributed by atoms with Crippen LogP contribution < -0.4 is 0 Å². The van der Waals surface area contributed by atoms with Gasteiger partial charge in [0.1, 0.15) is 5.84 Å². The molecule has 1 N–H and O–H groups in total. The maximum absolute atomic E-state index is 9.50. The Kier molecular flexibility index (Phi) is 4.82. The second-order valence-electron chi connectivity index (χ2n) is 6.86. The molecule has 1 fully saturated rings. The SMILES string of the molecule is O/N=C(/Cc1ccccc1)N1CCC(c2ccnc3ccccc23)CC1. The minimum absolute atomic E-state index is 0.524. The van der Waals surface area contributed by atoms with E-state index in [0.717, 1.165) is 37.3 Å². The highest BCUT2D eigenvalue weighted by Gasteiger charge is 2.24. The van der Waals surface area contributed by atoms with Crippen LogP contribution in [0.1, 0.15) is 29.9 Å². The Morgan fingerprint density at radius 2 is 1.73 bits per heavy atom. The molecule has 1 aliphatic heterocycles. The van der Waals surface area contributed by atoms with Crippen LogP contribution in [0.25, 0.3) is 10.9 Å². The number of fused-ring (bicyclic) bond motifs is 1. The number of benzene rings is 2. The van der Waals surface area contributed by atoms with Gasteiger partial charge in [-0.05, 0) is 42.0 Å². The number of pyridine rings is 1. The largest absolute Gasteiger partial charge is 0.409 e. The minimum Gasteiger partial charge on any atom is -0.409 e. The standard InChI is InChI=1S/C22H23N3O/c26-24-22(16-17-6-2-1-3-7-17)25-14-11-18(12-15-25)19-10-13-23-21-9-5-4-8-20(19)21/h1-10,13,18,26H,11-12,14-16H2/b24-22-. The van der Waals surface area contributed by atoms with E-state index in [1.54, 1.807) is 0 Å². The van der Waals surface area contributed by atoms with Gasteiger partial charge in [0.15, 0.2) is 0 Å². The highest BCUT2D eigenvalue weighted by Crippen LogP contribution is 2.32. The van der Waals surface area contributed by atoms with Crippen LogP contribution >= 0.6 is 0 Å². The minimum atomic E-state index is 0.524. The third-order valence-corrected chi connectivity index (χ3v) is 5.30. The summed E-state index contributed by atoms with van der Waals surface area (Å²) in [5, 5.41) is 14.3. The first-order chi connectivity index (χ1) is 12.8. The Hall–Kier alpha value is -2.88. The molecule has 1 aromatic heterocycles. The molecule has 2 aromatic carbocycles. The predicted octanol–water partition coefficient (Wildman–Crippen LogP) is 4.44. The molecule has 2 heterocycles. The Morgan fingerprint density at radius 3 is 2.50 bits per heavy atom. The van der Waals surface area contributed by atoms with Crippen LogP contribution in [0.3, 0.4) is 0 Å². The van der Waals surface area contributed by atoms with Crippen molar-refractivity contribution in [3.63, 3.8) is 0 Å². The lowest BCUT2D eigenvalue weighted by Gasteiger charge is -2.34. The van der Waals surface area contributed by atoms with Crippen LogP contribution in [-0.2, 0) is 6.42 Å². The van der Waals surface area contributed by atoms with Gasteiger partial charge in [0.2, 0.25) is 0 Å². The van der Waals surface area contributed by atoms with Crippen LogP contribution in [0, 0.1) is 0 Å². The molecule has 0 radical (unpaired) electrons. The molecule has 4 nitrogen and oxygen atoms in total. The number of hydrogen-bond donors (Lipinski definition) is 1. The van der Waals surface area contributed by atoms with E-state index in [4.69, 9.17) is 0 Å². The second kappa shape index (κ2) is 7.56. The van der Waals surface area contributed by atoms with Crippen molar-refractivity contribution in [2.24, 2.45) is 5.16 Å². The Labute approximate surface area is 153 Å².